The number of rotatable bonds is 4. The van der Waals surface area contributed by atoms with E-state index in [1.807, 2.05) is 0 Å². The molecule has 0 spiro atoms. The Kier molecular flexibility index (Phi) is 6.11. The molecule has 0 aliphatic carbocycles. The summed E-state index contributed by atoms with van der Waals surface area (Å²) in [4.78, 5) is 0. The second kappa shape index (κ2) is 6.04. The Hall–Kier alpha value is 0.170. The molecule has 0 aromatic heterocycles. The lowest BCUT2D eigenvalue weighted by Crippen LogP contribution is -2.55. The highest BCUT2D eigenvalue weighted by molar-refractivity contribution is 5.85. The van der Waals surface area contributed by atoms with E-state index < -0.39 is 0 Å². The zero-order chi connectivity index (χ0) is 10.7. The molecule has 3 nitrogen and oxygen atoms in total. The van der Waals surface area contributed by atoms with E-state index in [9.17, 15) is 0 Å². The summed E-state index contributed by atoms with van der Waals surface area (Å²) in [6.45, 7) is 9.23. The van der Waals surface area contributed by atoms with Crippen molar-refractivity contribution < 1.29 is 9.47 Å². The van der Waals surface area contributed by atoms with Gasteiger partial charge in [-0.15, -0.1) is 12.4 Å². The molecular weight excluding hydrogens is 214 g/mol. The third-order valence-corrected chi connectivity index (χ3v) is 2.72. The zero-order valence-corrected chi connectivity index (χ0v) is 11.1. The maximum absolute atomic E-state index is 5.86. The second-order valence-corrected chi connectivity index (χ2v) is 5.13. The van der Waals surface area contributed by atoms with Crippen molar-refractivity contribution in [3.63, 3.8) is 0 Å². The summed E-state index contributed by atoms with van der Waals surface area (Å²) in [5.74, 6) is 0. The fourth-order valence-corrected chi connectivity index (χ4v) is 1.60. The summed E-state index contributed by atoms with van der Waals surface area (Å²) in [6.07, 6.45) is 2.05. The minimum Gasteiger partial charge on any atom is -0.385 e. The lowest BCUT2D eigenvalue weighted by atomic mass is 9.91. The van der Waals surface area contributed by atoms with Crippen LogP contribution in [0.2, 0.25) is 0 Å². The molecule has 0 aromatic carbocycles. The number of hydrogen-bond donors (Lipinski definition) is 1. The molecule has 1 unspecified atom stereocenters. The molecule has 0 radical (unpaired) electrons. The van der Waals surface area contributed by atoms with Gasteiger partial charge >= 0.3 is 0 Å². The first-order valence-corrected chi connectivity index (χ1v) is 5.35. The highest BCUT2D eigenvalue weighted by Gasteiger charge is 2.34. The van der Waals surface area contributed by atoms with Gasteiger partial charge in [-0.2, -0.15) is 0 Å². The SMILES string of the molecule is COCCCC1(C)NCC(C)(C)CO1.Cl. The summed E-state index contributed by atoms with van der Waals surface area (Å²) >= 11 is 0. The van der Waals surface area contributed by atoms with Crippen LogP contribution in [0.15, 0.2) is 0 Å². The van der Waals surface area contributed by atoms with Crippen molar-refractivity contribution >= 4 is 12.4 Å². The Balaban J connectivity index is 0.00000196. The van der Waals surface area contributed by atoms with Gasteiger partial charge in [0, 0.05) is 25.7 Å². The topological polar surface area (TPSA) is 30.5 Å². The quantitative estimate of drug-likeness (QED) is 0.761. The molecule has 1 atom stereocenters. The fraction of sp³-hybridized carbons (Fsp3) is 1.00. The van der Waals surface area contributed by atoms with Gasteiger partial charge in [0.2, 0.25) is 0 Å². The summed E-state index contributed by atoms with van der Waals surface area (Å²) in [5, 5.41) is 3.47. The molecule has 1 aliphatic rings. The lowest BCUT2D eigenvalue weighted by molar-refractivity contribution is -0.132. The molecule has 0 saturated carbocycles. The Morgan fingerprint density at radius 1 is 1.33 bits per heavy atom. The number of methoxy groups -OCH3 is 1. The van der Waals surface area contributed by atoms with E-state index >= 15 is 0 Å². The third kappa shape index (κ3) is 5.16. The molecule has 92 valence electrons. The molecule has 1 saturated heterocycles. The maximum atomic E-state index is 5.86. The standard InChI is InChI=1S/C11H23NO2.ClH/c1-10(2)8-12-11(3,14-9-10)6-5-7-13-4;/h12H,5-9H2,1-4H3;1H. The molecule has 4 heteroatoms. The van der Waals surface area contributed by atoms with Gasteiger partial charge < -0.3 is 9.47 Å². The number of hydrogen-bond acceptors (Lipinski definition) is 3. The summed E-state index contributed by atoms with van der Waals surface area (Å²) in [5.41, 5.74) is 0.120. The van der Waals surface area contributed by atoms with Crippen LogP contribution in [0.3, 0.4) is 0 Å². The Labute approximate surface area is 99.3 Å². The van der Waals surface area contributed by atoms with Crippen LogP contribution in [-0.4, -0.2) is 32.6 Å². The molecule has 1 fully saturated rings. The lowest BCUT2D eigenvalue weighted by Gasteiger charge is -2.42. The minimum atomic E-state index is -0.145. The van der Waals surface area contributed by atoms with Crippen LogP contribution in [-0.2, 0) is 9.47 Å². The molecule has 1 aliphatic heterocycles. The van der Waals surface area contributed by atoms with Gasteiger partial charge in [0.05, 0.1) is 6.61 Å². The van der Waals surface area contributed by atoms with Gasteiger partial charge in [0.15, 0.2) is 0 Å². The highest BCUT2D eigenvalue weighted by Crippen LogP contribution is 2.26. The molecule has 0 aromatic rings. The van der Waals surface area contributed by atoms with E-state index in [1.165, 1.54) is 0 Å². The normalized spacial score (nSPS) is 29.6. The highest BCUT2D eigenvalue weighted by atomic mass is 35.5. The Morgan fingerprint density at radius 2 is 2.00 bits per heavy atom. The van der Waals surface area contributed by atoms with Crippen molar-refractivity contribution in [2.75, 3.05) is 26.9 Å². The van der Waals surface area contributed by atoms with Crippen LogP contribution in [0.1, 0.15) is 33.6 Å². The van der Waals surface area contributed by atoms with Gasteiger partial charge in [0.1, 0.15) is 5.72 Å². The van der Waals surface area contributed by atoms with Crippen LogP contribution in [0.5, 0.6) is 0 Å². The van der Waals surface area contributed by atoms with Crippen molar-refractivity contribution in [3.05, 3.63) is 0 Å². The zero-order valence-electron chi connectivity index (χ0n) is 10.3. The first kappa shape index (κ1) is 15.2. The average Bonchev–Trinajstić information content (AvgIpc) is 2.12. The van der Waals surface area contributed by atoms with Crippen LogP contribution in [0.25, 0.3) is 0 Å². The van der Waals surface area contributed by atoms with Gasteiger partial charge in [-0.1, -0.05) is 13.8 Å². The Morgan fingerprint density at radius 3 is 2.47 bits per heavy atom. The van der Waals surface area contributed by atoms with E-state index in [0.29, 0.717) is 0 Å². The first-order chi connectivity index (χ1) is 6.47. The molecule has 1 rings (SSSR count). The first-order valence-electron chi connectivity index (χ1n) is 5.35. The molecule has 15 heavy (non-hydrogen) atoms. The summed E-state index contributed by atoms with van der Waals surface area (Å²) in [6, 6.07) is 0. The van der Waals surface area contributed by atoms with Gasteiger partial charge in [0.25, 0.3) is 0 Å². The Bertz CT molecular complexity index is 175. The van der Waals surface area contributed by atoms with E-state index in [-0.39, 0.29) is 23.5 Å². The van der Waals surface area contributed by atoms with Crippen molar-refractivity contribution in [1.82, 2.24) is 5.32 Å². The fourth-order valence-electron chi connectivity index (χ4n) is 1.60. The van der Waals surface area contributed by atoms with E-state index in [0.717, 1.165) is 32.6 Å². The predicted octanol–water partition coefficient (Wildman–Crippen LogP) is 2.20. The van der Waals surface area contributed by atoms with E-state index in [2.05, 4.69) is 26.1 Å². The smallest absolute Gasteiger partial charge is 0.116 e. The maximum Gasteiger partial charge on any atom is 0.116 e. The molecule has 0 amide bonds. The van der Waals surface area contributed by atoms with Crippen molar-refractivity contribution in [2.45, 2.75) is 39.3 Å². The van der Waals surface area contributed by atoms with Crippen LogP contribution in [0, 0.1) is 5.41 Å². The molecule has 1 heterocycles. The number of nitrogens with one attached hydrogen (secondary N) is 1. The molecule has 0 bridgehead atoms. The average molecular weight is 238 g/mol. The largest absolute Gasteiger partial charge is 0.385 e. The van der Waals surface area contributed by atoms with E-state index in [4.69, 9.17) is 9.47 Å². The predicted molar refractivity (Wildman–Crippen MR) is 64.5 cm³/mol. The van der Waals surface area contributed by atoms with Gasteiger partial charge in [-0.3, -0.25) is 5.32 Å². The summed E-state index contributed by atoms with van der Waals surface area (Å²) < 4.78 is 10.9. The third-order valence-electron chi connectivity index (χ3n) is 2.72. The minimum absolute atomic E-state index is 0. The van der Waals surface area contributed by atoms with Crippen LogP contribution >= 0.6 is 12.4 Å². The van der Waals surface area contributed by atoms with Crippen molar-refractivity contribution in [2.24, 2.45) is 5.41 Å². The van der Waals surface area contributed by atoms with Gasteiger partial charge in [-0.25, -0.2) is 0 Å². The van der Waals surface area contributed by atoms with Gasteiger partial charge in [-0.05, 0) is 19.8 Å². The second-order valence-electron chi connectivity index (χ2n) is 5.13. The molecular formula is C11H24ClNO2. The monoisotopic (exact) mass is 237 g/mol. The molecule has 1 N–H and O–H groups in total. The van der Waals surface area contributed by atoms with Crippen LogP contribution in [0.4, 0.5) is 0 Å². The number of halogens is 1. The summed E-state index contributed by atoms with van der Waals surface area (Å²) in [7, 11) is 1.74. The van der Waals surface area contributed by atoms with E-state index in [1.54, 1.807) is 7.11 Å². The van der Waals surface area contributed by atoms with Crippen LogP contribution < -0.4 is 5.32 Å². The van der Waals surface area contributed by atoms with Crippen molar-refractivity contribution in [1.29, 1.82) is 0 Å². The number of ether oxygens (including phenoxy) is 2. The van der Waals surface area contributed by atoms with Crippen molar-refractivity contribution in [3.8, 4) is 0 Å².